The normalized spacial score (nSPS) is 25.4. The second-order valence-electron chi connectivity index (χ2n) is 7.51. The summed E-state index contributed by atoms with van der Waals surface area (Å²) in [5.41, 5.74) is 1.16. The van der Waals surface area contributed by atoms with Gasteiger partial charge in [0.1, 0.15) is 6.61 Å². The number of carbonyl (C=O) groups excluding carboxylic acids is 1. The second-order valence-corrected chi connectivity index (χ2v) is 7.51. The van der Waals surface area contributed by atoms with Gasteiger partial charge in [0.05, 0.1) is 12.2 Å². The lowest BCUT2D eigenvalue weighted by Gasteiger charge is -2.50. The van der Waals surface area contributed by atoms with Crippen LogP contribution in [0.3, 0.4) is 0 Å². The topological polar surface area (TPSA) is 54.9 Å². The van der Waals surface area contributed by atoms with Gasteiger partial charge in [-0.2, -0.15) is 0 Å². The van der Waals surface area contributed by atoms with Crippen molar-refractivity contribution in [1.29, 1.82) is 0 Å². The van der Waals surface area contributed by atoms with Crippen LogP contribution in [0.4, 0.5) is 0 Å². The highest BCUT2D eigenvalue weighted by Gasteiger charge is 2.52. The van der Waals surface area contributed by atoms with Crippen molar-refractivity contribution in [3.05, 3.63) is 30.1 Å². The Balaban J connectivity index is 1.22. The first-order chi connectivity index (χ1) is 12.3. The second kappa shape index (κ2) is 7.40. The first kappa shape index (κ1) is 16.9. The van der Waals surface area contributed by atoms with Gasteiger partial charge in [-0.25, -0.2) is 0 Å². The van der Waals surface area contributed by atoms with Crippen molar-refractivity contribution in [2.24, 2.45) is 5.92 Å². The van der Waals surface area contributed by atoms with Crippen LogP contribution in [-0.4, -0.2) is 72.3 Å². The number of hydrogen-bond acceptors (Lipinski definition) is 5. The summed E-state index contributed by atoms with van der Waals surface area (Å²) >= 11 is 0. The Hall–Kier alpha value is -1.50. The SMILES string of the molecule is O=C(COC[C@@H]1CCOC12CN(Cc1cccnc1)C2)N1CCCC1. The maximum Gasteiger partial charge on any atom is 0.248 e. The van der Waals surface area contributed by atoms with Crippen LogP contribution < -0.4 is 0 Å². The van der Waals surface area contributed by atoms with Gasteiger partial charge in [-0.3, -0.25) is 14.7 Å². The molecule has 1 atom stereocenters. The molecular formula is C19H27N3O3. The van der Waals surface area contributed by atoms with Crippen LogP contribution in [0.5, 0.6) is 0 Å². The molecule has 1 aromatic rings. The summed E-state index contributed by atoms with van der Waals surface area (Å²) in [6, 6.07) is 4.09. The van der Waals surface area contributed by atoms with Gasteiger partial charge in [0.2, 0.25) is 5.91 Å². The number of pyridine rings is 1. The first-order valence-corrected chi connectivity index (χ1v) is 9.36. The lowest BCUT2D eigenvalue weighted by Crippen LogP contribution is -2.64. The summed E-state index contributed by atoms with van der Waals surface area (Å²) in [5, 5.41) is 0. The van der Waals surface area contributed by atoms with Crippen molar-refractivity contribution in [3.8, 4) is 0 Å². The first-order valence-electron chi connectivity index (χ1n) is 9.36. The Morgan fingerprint density at radius 3 is 2.96 bits per heavy atom. The largest absolute Gasteiger partial charge is 0.372 e. The summed E-state index contributed by atoms with van der Waals surface area (Å²) in [6.45, 7) is 6.22. The van der Waals surface area contributed by atoms with E-state index < -0.39 is 0 Å². The molecule has 3 saturated heterocycles. The highest BCUT2D eigenvalue weighted by Crippen LogP contribution is 2.40. The Morgan fingerprint density at radius 2 is 2.20 bits per heavy atom. The predicted octanol–water partition coefficient (Wildman–Crippen LogP) is 1.31. The van der Waals surface area contributed by atoms with Crippen LogP contribution in [0.1, 0.15) is 24.8 Å². The van der Waals surface area contributed by atoms with Crippen LogP contribution in [0.2, 0.25) is 0 Å². The molecule has 3 aliphatic rings. The quantitative estimate of drug-likeness (QED) is 0.778. The van der Waals surface area contributed by atoms with Gasteiger partial charge in [-0.15, -0.1) is 0 Å². The zero-order valence-corrected chi connectivity index (χ0v) is 14.7. The highest BCUT2D eigenvalue weighted by atomic mass is 16.5. The molecule has 3 fully saturated rings. The fraction of sp³-hybridized carbons (Fsp3) is 0.684. The monoisotopic (exact) mass is 345 g/mol. The molecule has 0 aromatic carbocycles. The van der Waals surface area contributed by atoms with Crippen molar-refractivity contribution in [3.63, 3.8) is 0 Å². The molecule has 1 aromatic heterocycles. The molecule has 136 valence electrons. The Morgan fingerprint density at radius 1 is 1.36 bits per heavy atom. The Kier molecular flexibility index (Phi) is 5.01. The molecule has 0 bridgehead atoms. The van der Waals surface area contributed by atoms with Gasteiger partial charge < -0.3 is 14.4 Å². The summed E-state index contributed by atoms with van der Waals surface area (Å²) in [5.74, 6) is 0.529. The molecule has 6 nitrogen and oxygen atoms in total. The average molecular weight is 345 g/mol. The molecule has 6 heteroatoms. The smallest absolute Gasteiger partial charge is 0.248 e. The van der Waals surface area contributed by atoms with E-state index in [2.05, 4.69) is 16.0 Å². The van der Waals surface area contributed by atoms with E-state index in [0.717, 1.165) is 58.6 Å². The number of carbonyl (C=O) groups is 1. The van der Waals surface area contributed by atoms with E-state index in [4.69, 9.17) is 9.47 Å². The predicted molar refractivity (Wildman–Crippen MR) is 92.9 cm³/mol. The third-order valence-corrected chi connectivity index (χ3v) is 5.71. The lowest BCUT2D eigenvalue weighted by molar-refractivity contribution is -0.151. The van der Waals surface area contributed by atoms with E-state index in [-0.39, 0.29) is 18.1 Å². The number of aromatic nitrogens is 1. The zero-order chi connectivity index (χ0) is 17.1. The molecule has 4 rings (SSSR count). The molecule has 1 amide bonds. The fourth-order valence-corrected chi connectivity index (χ4v) is 4.29. The van der Waals surface area contributed by atoms with Crippen LogP contribution in [-0.2, 0) is 20.8 Å². The summed E-state index contributed by atoms with van der Waals surface area (Å²) < 4.78 is 11.9. The molecule has 0 N–H and O–H groups in total. The molecule has 3 aliphatic heterocycles. The standard InChI is InChI=1S/C19H27N3O3/c23-18(22-7-1-2-8-22)13-24-12-17-5-9-25-19(17)14-21(15-19)11-16-4-3-6-20-10-16/h3-4,6,10,17H,1-2,5,7-9,11-15H2/t17-/m0/s1. The molecule has 0 unspecified atom stereocenters. The maximum absolute atomic E-state index is 12.1. The minimum Gasteiger partial charge on any atom is -0.372 e. The summed E-state index contributed by atoms with van der Waals surface area (Å²) in [6.07, 6.45) is 7.00. The number of hydrogen-bond donors (Lipinski definition) is 0. The van der Waals surface area contributed by atoms with E-state index in [9.17, 15) is 4.79 Å². The van der Waals surface area contributed by atoms with Gasteiger partial charge >= 0.3 is 0 Å². The van der Waals surface area contributed by atoms with Crippen molar-refractivity contribution >= 4 is 5.91 Å². The Bertz CT molecular complexity index is 583. The van der Waals surface area contributed by atoms with Gasteiger partial charge in [0.15, 0.2) is 0 Å². The van der Waals surface area contributed by atoms with E-state index in [1.165, 1.54) is 5.56 Å². The third-order valence-electron chi connectivity index (χ3n) is 5.71. The van der Waals surface area contributed by atoms with Crippen LogP contribution in [0, 0.1) is 5.92 Å². The van der Waals surface area contributed by atoms with Gasteiger partial charge in [-0.05, 0) is 30.9 Å². The fourth-order valence-electron chi connectivity index (χ4n) is 4.29. The average Bonchev–Trinajstić information content (AvgIpc) is 3.25. The molecule has 0 radical (unpaired) electrons. The minimum atomic E-state index is -0.0705. The molecule has 1 spiro atoms. The van der Waals surface area contributed by atoms with Gasteiger partial charge in [-0.1, -0.05) is 6.07 Å². The van der Waals surface area contributed by atoms with Crippen LogP contribution in [0.15, 0.2) is 24.5 Å². The van der Waals surface area contributed by atoms with E-state index in [1.54, 1.807) is 6.20 Å². The van der Waals surface area contributed by atoms with E-state index >= 15 is 0 Å². The van der Waals surface area contributed by atoms with Crippen molar-refractivity contribution in [1.82, 2.24) is 14.8 Å². The Labute approximate surface area is 149 Å². The molecule has 4 heterocycles. The molecule has 25 heavy (non-hydrogen) atoms. The van der Waals surface area contributed by atoms with Gasteiger partial charge in [0, 0.05) is 57.6 Å². The van der Waals surface area contributed by atoms with Crippen LogP contribution >= 0.6 is 0 Å². The van der Waals surface area contributed by atoms with E-state index in [0.29, 0.717) is 12.5 Å². The number of rotatable bonds is 6. The number of ether oxygens (including phenoxy) is 2. The lowest BCUT2D eigenvalue weighted by atomic mass is 9.81. The number of likely N-dealkylation sites (tertiary alicyclic amines) is 2. The van der Waals surface area contributed by atoms with E-state index in [1.807, 2.05) is 17.2 Å². The summed E-state index contributed by atoms with van der Waals surface area (Å²) in [7, 11) is 0. The molecule has 0 saturated carbocycles. The number of amides is 1. The molecular weight excluding hydrogens is 318 g/mol. The van der Waals surface area contributed by atoms with Crippen LogP contribution in [0.25, 0.3) is 0 Å². The van der Waals surface area contributed by atoms with Crippen molar-refractivity contribution in [2.45, 2.75) is 31.4 Å². The zero-order valence-electron chi connectivity index (χ0n) is 14.7. The third kappa shape index (κ3) is 3.71. The van der Waals surface area contributed by atoms with Crippen molar-refractivity contribution in [2.75, 3.05) is 46.0 Å². The number of nitrogens with zero attached hydrogens (tertiary/aromatic N) is 3. The molecule has 0 aliphatic carbocycles. The summed E-state index contributed by atoms with van der Waals surface area (Å²) in [4.78, 5) is 20.6. The van der Waals surface area contributed by atoms with Gasteiger partial charge in [0.25, 0.3) is 0 Å². The minimum absolute atomic E-state index is 0.0705. The van der Waals surface area contributed by atoms with Crippen molar-refractivity contribution < 1.29 is 14.3 Å². The highest BCUT2D eigenvalue weighted by molar-refractivity contribution is 5.77. The maximum atomic E-state index is 12.1.